The van der Waals surface area contributed by atoms with Gasteiger partial charge in [-0.1, -0.05) is 6.07 Å². The number of aromatic nitrogens is 1. The van der Waals surface area contributed by atoms with Crippen molar-refractivity contribution in [2.24, 2.45) is 0 Å². The number of anilines is 1. The highest BCUT2D eigenvalue weighted by molar-refractivity contribution is 7.81. The maximum absolute atomic E-state index is 12.2. The highest BCUT2D eigenvalue weighted by Crippen LogP contribution is 2.43. The predicted molar refractivity (Wildman–Crippen MR) is 83.9 cm³/mol. The summed E-state index contributed by atoms with van der Waals surface area (Å²) in [7, 11) is -3.42. The van der Waals surface area contributed by atoms with Crippen LogP contribution in [0.5, 0.6) is 0 Å². The summed E-state index contributed by atoms with van der Waals surface area (Å²) in [5, 5.41) is 5.61. The second-order valence-electron chi connectivity index (χ2n) is 4.08. The molecule has 0 radical (unpaired) electrons. The Balaban J connectivity index is 2.73. The fourth-order valence-corrected chi connectivity index (χ4v) is 3.17. The predicted octanol–water partition coefficient (Wildman–Crippen LogP) is 3.17. The van der Waals surface area contributed by atoms with Crippen molar-refractivity contribution in [1.29, 1.82) is 0 Å². The summed E-state index contributed by atoms with van der Waals surface area (Å²) in [6, 6.07) is 1.97. The Labute approximate surface area is 124 Å². The van der Waals surface area contributed by atoms with Gasteiger partial charge < -0.3 is 5.32 Å². The number of pyridine rings is 1. The van der Waals surface area contributed by atoms with E-state index in [9.17, 15) is 4.57 Å². The average molecular weight is 317 g/mol. The summed E-state index contributed by atoms with van der Waals surface area (Å²) in [6.45, 7) is 7.85. The van der Waals surface area contributed by atoms with E-state index in [0.29, 0.717) is 5.82 Å². The summed E-state index contributed by atoms with van der Waals surface area (Å²) >= 11 is 5.11. The molecule has 0 aliphatic rings. The molecular weight excluding hydrogens is 297 g/mol. The van der Waals surface area contributed by atoms with E-state index < -0.39 is 7.75 Å². The molecule has 0 aliphatic carbocycles. The molecular formula is C12H20N3O3PS. The lowest BCUT2D eigenvalue weighted by molar-refractivity contribution is 0.216. The molecule has 112 valence electrons. The van der Waals surface area contributed by atoms with E-state index in [1.165, 1.54) is 0 Å². The Hall–Kier alpha value is -1.01. The van der Waals surface area contributed by atoms with Crippen LogP contribution in [0.1, 0.15) is 25.0 Å². The Morgan fingerprint density at radius 3 is 2.45 bits per heavy atom. The molecule has 0 spiro atoms. The van der Waals surface area contributed by atoms with Crippen molar-refractivity contribution in [2.45, 2.75) is 27.7 Å². The van der Waals surface area contributed by atoms with Crippen LogP contribution in [0, 0.1) is 13.8 Å². The van der Waals surface area contributed by atoms with E-state index in [1.54, 1.807) is 20.0 Å². The van der Waals surface area contributed by atoms with E-state index in [0.717, 1.165) is 11.1 Å². The van der Waals surface area contributed by atoms with Crippen LogP contribution in [0.3, 0.4) is 0 Å². The highest BCUT2D eigenvalue weighted by Gasteiger charge is 2.25. The lowest BCUT2D eigenvalue weighted by Crippen LogP contribution is -2.28. The first-order valence-electron chi connectivity index (χ1n) is 6.31. The lowest BCUT2D eigenvalue weighted by atomic mass is 10.2. The van der Waals surface area contributed by atoms with Gasteiger partial charge in [-0.2, -0.15) is 0 Å². The summed E-state index contributed by atoms with van der Waals surface area (Å²) in [5.41, 5.74) is 2.00. The molecule has 0 bridgehead atoms. The Morgan fingerprint density at radius 1 is 1.35 bits per heavy atom. The monoisotopic (exact) mass is 317 g/mol. The molecule has 1 heterocycles. The third-order valence-electron chi connectivity index (χ3n) is 2.28. The molecule has 1 rings (SSSR count). The van der Waals surface area contributed by atoms with Crippen LogP contribution in [-0.2, 0) is 13.6 Å². The van der Waals surface area contributed by atoms with E-state index in [4.69, 9.17) is 21.3 Å². The number of hydrogen-bond donors (Lipinski definition) is 2. The molecule has 2 N–H and O–H groups in total. The van der Waals surface area contributed by atoms with Gasteiger partial charge in [-0.25, -0.2) is 9.55 Å². The van der Waals surface area contributed by atoms with Gasteiger partial charge in [0.05, 0.1) is 13.2 Å². The van der Waals surface area contributed by atoms with Gasteiger partial charge >= 0.3 is 7.75 Å². The molecule has 0 unspecified atom stereocenters. The van der Waals surface area contributed by atoms with Gasteiger partial charge in [0.25, 0.3) is 0 Å². The first-order valence-corrected chi connectivity index (χ1v) is 8.27. The fourth-order valence-electron chi connectivity index (χ4n) is 1.55. The molecule has 0 atom stereocenters. The average Bonchev–Trinajstić information content (AvgIpc) is 2.33. The molecule has 8 heteroatoms. The van der Waals surface area contributed by atoms with Crippen molar-refractivity contribution >= 4 is 30.9 Å². The quantitative estimate of drug-likeness (QED) is 0.616. The van der Waals surface area contributed by atoms with Gasteiger partial charge in [0.15, 0.2) is 5.11 Å². The van der Waals surface area contributed by atoms with Gasteiger partial charge in [0, 0.05) is 6.20 Å². The number of nitrogens with zero attached hydrogens (tertiary/aromatic N) is 1. The summed E-state index contributed by atoms with van der Waals surface area (Å²) < 4.78 is 22.5. The Kier molecular flexibility index (Phi) is 6.55. The minimum absolute atomic E-state index is 0.148. The third kappa shape index (κ3) is 5.17. The summed E-state index contributed by atoms with van der Waals surface area (Å²) in [5.74, 6) is 0.604. The minimum atomic E-state index is -3.42. The molecule has 0 saturated heterocycles. The van der Waals surface area contributed by atoms with E-state index in [1.807, 2.05) is 19.9 Å². The third-order valence-corrected chi connectivity index (χ3v) is 4.33. The van der Waals surface area contributed by atoms with Crippen molar-refractivity contribution in [3.63, 3.8) is 0 Å². The smallest absolute Gasteiger partial charge is 0.317 e. The van der Waals surface area contributed by atoms with Gasteiger partial charge in [0.2, 0.25) is 0 Å². The lowest BCUT2D eigenvalue weighted by Gasteiger charge is -2.19. The molecule has 0 amide bonds. The topological polar surface area (TPSA) is 72.5 Å². The Bertz CT molecular complexity index is 515. The fraction of sp³-hybridized carbons (Fsp3) is 0.500. The standard InChI is InChI=1S/C12H20N3O3PS/c1-5-17-19(16,18-6-2)15-12(20)14-11-10(4)7-9(3)8-13-11/h7-8H,5-6H2,1-4H3,(H2,13,14,15,16,20). The van der Waals surface area contributed by atoms with Crippen molar-refractivity contribution < 1.29 is 13.6 Å². The van der Waals surface area contributed by atoms with E-state index in [2.05, 4.69) is 15.4 Å². The molecule has 6 nitrogen and oxygen atoms in total. The van der Waals surface area contributed by atoms with E-state index >= 15 is 0 Å². The number of nitrogens with one attached hydrogen (secondary N) is 2. The number of hydrogen-bond acceptors (Lipinski definition) is 5. The highest BCUT2D eigenvalue weighted by atomic mass is 32.1. The summed E-state index contributed by atoms with van der Waals surface area (Å²) in [6.07, 6.45) is 1.72. The maximum Gasteiger partial charge on any atom is 0.434 e. The largest absolute Gasteiger partial charge is 0.434 e. The second-order valence-corrected chi connectivity index (χ2v) is 6.22. The van der Waals surface area contributed by atoms with Crippen LogP contribution in [0.4, 0.5) is 5.82 Å². The SMILES string of the molecule is CCOP(=O)(NC(=S)Nc1ncc(C)cc1C)OCC. The zero-order valence-corrected chi connectivity index (χ0v) is 13.8. The first-order chi connectivity index (χ1) is 9.40. The van der Waals surface area contributed by atoms with Crippen molar-refractivity contribution in [2.75, 3.05) is 18.5 Å². The van der Waals surface area contributed by atoms with Crippen LogP contribution in [0.15, 0.2) is 12.3 Å². The van der Waals surface area contributed by atoms with Crippen LogP contribution in [0.25, 0.3) is 0 Å². The normalized spacial score (nSPS) is 11.2. The van der Waals surface area contributed by atoms with Gasteiger partial charge in [0.1, 0.15) is 5.82 Å². The van der Waals surface area contributed by atoms with Crippen LogP contribution < -0.4 is 10.4 Å². The minimum Gasteiger partial charge on any atom is -0.317 e. The molecule has 1 aromatic heterocycles. The van der Waals surface area contributed by atoms with Crippen LogP contribution >= 0.6 is 20.0 Å². The van der Waals surface area contributed by atoms with Crippen molar-refractivity contribution in [3.05, 3.63) is 23.4 Å². The number of thiocarbonyl (C=S) groups is 1. The first kappa shape index (κ1) is 17.0. The molecule has 0 aliphatic heterocycles. The van der Waals surface area contributed by atoms with E-state index in [-0.39, 0.29) is 18.3 Å². The van der Waals surface area contributed by atoms with Crippen LogP contribution in [0.2, 0.25) is 0 Å². The molecule has 0 saturated carbocycles. The van der Waals surface area contributed by atoms with Crippen LogP contribution in [-0.4, -0.2) is 23.3 Å². The molecule has 0 fully saturated rings. The van der Waals surface area contributed by atoms with Gasteiger partial charge in [-0.15, -0.1) is 0 Å². The summed E-state index contributed by atoms with van der Waals surface area (Å²) in [4.78, 5) is 4.23. The number of aryl methyl sites for hydroxylation is 2. The van der Waals surface area contributed by atoms with Gasteiger partial charge in [-0.05, 0) is 51.0 Å². The Morgan fingerprint density at radius 2 is 1.95 bits per heavy atom. The molecule has 20 heavy (non-hydrogen) atoms. The maximum atomic E-state index is 12.2. The van der Waals surface area contributed by atoms with Gasteiger partial charge in [-0.3, -0.25) is 14.1 Å². The zero-order chi connectivity index (χ0) is 15.2. The molecule has 1 aromatic rings. The molecule has 0 aromatic carbocycles. The zero-order valence-electron chi connectivity index (χ0n) is 12.1. The van der Waals surface area contributed by atoms with Crippen molar-refractivity contribution in [1.82, 2.24) is 10.1 Å². The second kappa shape index (κ2) is 7.69. The number of rotatable bonds is 6. The van der Waals surface area contributed by atoms with Crippen molar-refractivity contribution in [3.8, 4) is 0 Å².